The summed E-state index contributed by atoms with van der Waals surface area (Å²) < 4.78 is 62.7. The Morgan fingerprint density at radius 1 is 1.06 bits per heavy atom. The number of aromatic nitrogens is 1. The average molecular weight is 462 g/mol. The van der Waals surface area contributed by atoms with E-state index in [1.54, 1.807) is 0 Å². The summed E-state index contributed by atoms with van der Waals surface area (Å²) in [7, 11) is 0. The van der Waals surface area contributed by atoms with E-state index in [4.69, 9.17) is 9.15 Å². The Kier molecular flexibility index (Phi) is 8.23. The van der Waals surface area contributed by atoms with Gasteiger partial charge < -0.3 is 14.5 Å². The number of carbonyl (C=O) groups is 1. The molecule has 2 aromatic carbocycles. The van der Waals surface area contributed by atoms with Crippen LogP contribution in [-0.4, -0.2) is 17.9 Å². The number of oxazole rings is 1. The molecule has 0 spiro atoms. The van der Waals surface area contributed by atoms with Crippen LogP contribution in [0.5, 0.6) is 5.75 Å². The van der Waals surface area contributed by atoms with Crippen LogP contribution < -0.4 is 10.1 Å². The third kappa shape index (κ3) is 7.48. The standard InChI is InChI=1S/C24H22F4N2O3/c25-22-13-19(24(26,27)28)8-6-18(22)7-11-23-30-20(15-33-23)14-32-21-9-4-17(5-10-21)3-1-2-12-29-16-31/h4-11,13,15-16H,1-3,12,14H2,(H,29,31)/b11-7+. The summed E-state index contributed by atoms with van der Waals surface area (Å²) in [6.07, 6.45) is 2.92. The number of alkyl halides is 3. The lowest BCUT2D eigenvalue weighted by Gasteiger charge is -2.07. The summed E-state index contributed by atoms with van der Waals surface area (Å²) in [5.41, 5.74) is 0.610. The molecule has 1 amide bonds. The van der Waals surface area contributed by atoms with E-state index in [0.717, 1.165) is 37.0 Å². The third-order valence-corrected chi connectivity index (χ3v) is 4.73. The van der Waals surface area contributed by atoms with Crippen LogP contribution in [0, 0.1) is 5.82 Å². The van der Waals surface area contributed by atoms with Gasteiger partial charge in [-0.2, -0.15) is 13.2 Å². The van der Waals surface area contributed by atoms with Crippen molar-refractivity contribution in [3.05, 3.63) is 82.8 Å². The molecule has 1 heterocycles. The number of aryl methyl sites for hydroxylation is 1. The molecule has 174 valence electrons. The Bertz CT molecular complexity index is 1080. The molecule has 0 radical (unpaired) electrons. The SMILES string of the molecule is O=CNCCCCc1ccc(OCc2coc(/C=C/c3ccc(C(F)(F)F)cc3F)n2)cc1. The van der Waals surface area contributed by atoms with Crippen molar-refractivity contribution >= 4 is 18.6 Å². The first-order valence-corrected chi connectivity index (χ1v) is 10.2. The number of carbonyl (C=O) groups excluding carboxylic acids is 1. The van der Waals surface area contributed by atoms with Gasteiger partial charge in [0.15, 0.2) is 0 Å². The van der Waals surface area contributed by atoms with Gasteiger partial charge in [-0.1, -0.05) is 18.2 Å². The maximum atomic E-state index is 13.9. The van der Waals surface area contributed by atoms with Gasteiger partial charge in [0.2, 0.25) is 12.3 Å². The number of rotatable bonds is 11. The van der Waals surface area contributed by atoms with Crippen molar-refractivity contribution in [3.8, 4) is 5.75 Å². The van der Waals surface area contributed by atoms with Gasteiger partial charge in [0.25, 0.3) is 0 Å². The molecule has 0 saturated heterocycles. The lowest BCUT2D eigenvalue weighted by Crippen LogP contribution is -2.11. The molecular weight excluding hydrogens is 440 g/mol. The Balaban J connectivity index is 1.49. The molecular formula is C24H22F4N2O3. The van der Waals surface area contributed by atoms with Crippen LogP contribution in [-0.2, 0) is 24.0 Å². The summed E-state index contributed by atoms with van der Waals surface area (Å²) in [5.74, 6) is -0.155. The number of nitrogens with one attached hydrogen (secondary N) is 1. The zero-order chi connectivity index (χ0) is 23.7. The highest BCUT2D eigenvalue weighted by atomic mass is 19.4. The number of unbranched alkanes of at least 4 members (excludes halogenated alkanes) is 1. The average Bonchev–Trinajstić information content (AvgIpc) is 3.25. The minimum Gasteiger partial charge on any atom is -0.487 e. The van der Waals surface area contributed by atoms with Gasteiger partial charge in [0.1, 0.15) is 30.1 Å². The first kappa shape index (κ1) is 24.0. The molecule has 1 N–H and O–H groups in total. The fourth-order valence-electron chi connectivity index (χ4n) is 2.99. The van der Waals surface area contributed by atoms with Crippen molar-refractivity contribution in [2.45, 2.75) is 32.0 Å². The van der Waals surface area contributed by atoms with Gasteiger partial charge in [-0.05, 0) is 55.2 Å². The van der Waals surface area contributed by atoms with Crippen LogP contribution in [0.2, 0.25) is 0 Å². The second-order valence-corrected chi connectivity index (χ2v) is 7.21. The lowest BCUT2D eigenvalue weighted by atomic mass is 10.1. The molecule has 0 bridgehead atoms. The van der Waals surface area contributed by atoms with E-state index >= 15 is 0 Å². The van der Waals surface area contributed by atoms with E-state index in [1.807, 2.05) is 24.3 Å². The second kappa shape index (κ2) is 11.3. The largest absolute Gasteiger partial charge is 0.487 e. The molecule has 3 rings (SSSR count). The molecule has 3 aromatic rings. The minimum atomic E-state index is -4.60. The zero-order valence-corrected chi connectivity index (χ0v) is 17.6. The predicted molar refractivity (Wildman–Crippen MR) is 115 cm³/mol. The number of benzene rings is 2. The number of hydrogen-bond acceptors (Lipinski definition) is 4. The summed E-state index contributed by atoms with van der Waals surface area (Å²) >= 11 is 0. The monoisotopic (exact) mass is 462 g/mol. The highest BCUT2D eigenvalue weighted by Crippen LogP contribution is 2.30. The highest BCUT2D eigenvalue weighted by molar-refractivity contribution is 5.66. The number of ether oxygens (including phenoxy) is 1. The van der Waals surface area contributed by atoms with Crippen LogP contribution in [0.1, 0.15) is 41.1 Å². The van der Waals surface area contributed by atoms with Gasteiger partial charge in [0, 0.05) is 18.2 Å². The normalized spacial score (nSPS) is 11.6. The maximum absolute atomic E-state index is 13.9. The van der Waals surface area contributed by atoms with Gasteiger partial charge >= 0.3 is 6.18 Å². The fraction of sp³-hybridized carbons (Fsp3) is 0.250. The van der Waals surface area contributed by atoms with Crippen molar-refractivity contribution in [1.29, 1.82) is 0 Å². The summed E-state index contributed by atoms with van der Waals surface area (Å²) in [5, 5.41) is 2.63. The molecule has 1 aromatic heterocycles. The lowest BCUT2D eigenvalue weighted by molar-refractivity contribution is -0.137. The van der Waals surface area contributed by atoms with Crippen molar-refractivity contribution in [3.63, 3.8) is 0 Å². The molecule has 0 aliphatic rings. The first-order valence-electron chi connectivity index (χ1n) is 10.2. The quantitative estimate of drug-likeness (QED) is 0.227. The number of halogens is 4. The van der Waals surface area contributed by atoms with Gasteiger partial charge in [-0.15, -0.1) is 0 Å². The van der Waals surface area contributed by atoms with Crippen LogP contribution in [0.25, 0.3) is 12.2 Å². The van der Waals surface area contributed by atoms with E-state index < -0.39 is 17.6 Å². The summed E-state index contributed by atoms with van der Waals surface area (Å²) in [4.78, 5) is 14.4. The predicted octanol–water partition coefficient (Wildman–Crippen LogP) is 5.65. The van der Waals surface area contributed by atoms with Crippen molar-refractivity contribution in [2.75, 3.05) is 6.54 Å². The van der Waals surface area contributed by atoms with Crippen molar-refractivity contribution in [2.24, 2.45) is 0 Å². The van der Waals surface area contributed by atoms with Crippen LogP contribution >= 0.6 is 0 Å². The summed E-state index contributed by atoms with van der Waals surface area (Å²) in [6, 6.07) is 9.96. The van der Waals surface area contributed by atoms with Crippen molar-refractivity contribution < 1.29 is 31.5 Å². The van der Waals surface area contributed by atoms with Gasteiger partial charge in [-0.3, -0.25) is 4.79 Å². The molecule has 9 heteroatoms. The molecule has 5 nitrogen and oxygen atoms in total. The molecule has 0 unspecified atom stereocenters. The molecule has 0 aliphatic heterocycles. The Morgan fingerprint density at radius 3 is 2.55 bits per heavy atom. The van der Waals surface area contributed by atoms with E-state index in [-0.39, 0.29) is 18.1 Å². The highest BCUT2D eigenvalue weighted by Gasteiger charge is 2.30. The Morgan fingerprint density at radius 2 is 1.85 bits per heavy atom. The molecule has 0 fully saturated rings. The van der Waals surface area contributed by atoms with Crippen molar-refractivity contribution in [1.82, 2.24) is 10.3 Å². The maximum Gasteiger partial charge on any atom is 0.416 e. The van der Waals surface area contributed by atoms with Gasteiger partial charge in [-0.25, -0.2) is 9.37 Å². The zero-order valence-electron chi connectivity index (χ0n) is 17.6. The van der Waals surface area contributed by atoms with E-state index in [9.17, 15) is 22.4 Å². The molecule has 0 atom stereocenters. The number of amides is 1. The second-order valence-electron chi connectivity index (χ2n) is 7.21. The number of hydrogen-bond donors (Lipinski definition) is 1. The Hall–Kier alpha value is -3.62. The first-order chi connectivity index (χ1) is 15.8. The molecule has 0 aliphatic carbocycles. The van der Waals surface area contributed by atoms with Crippen LogP contribution in [0.3, 0.4) is 0 Å². The topological polar surface area (TPSA) is 64.4 Å². The minimum absolute atomic E-state index is 0.0147. The molecule has 0 saturated carbocycles. The van der Waals surface area contributed by atoms with Crippen LogP contribution in [0.4, 0.5) is 17.6 Å². The summed E-state index contributed by atoms with van der Waals surface area (Å²) in [6.45, 7) is 0.821. The Labute approximate surface area is 188 Å². The third-order valence-electron chi connectivity index (χ3n) is 4.73. The molecule has 33 heavy (non-hydrogen) atoms. The van der Waals surface area contributed by atoms with Crippen LogP contribution in [0.15, 0.2) is 53.1 Å². The smallest absolute Gasteiger partial charge is 0.416 e. The van der Waals surface area contributed by atoms with E-state index in [0.29, 0.717) is 30.5 Å². The van der Waals surface area contributed by atoms with Gasteiger partial charge in [0.05, 0.1) is 5.56 Å². The number of nitrogens with zero attached hydrogens (tertiary/aromatic N) is 1. The van der Waals surface area contributed by atoms with E-state index in [2.05, 4.69) is 10.3 Å². The fourth-order valence-corrected chi connectivity index (χ4v) is 2.99. The van der Waals surface area contributed by atoms with E-state index in [1.165, 1.54) is 18.4 Å².